The first-order valence-electron chi connectivity index (χ1n) is 6.53. The van der Waals surface area contributed by atoms with Gasteiger partial charge in [0.15, 0.2) is 0 Å². The first-order valence-corrected chi connectivity index (χ1v) is 7.51. The average Bonchev–Trinajstić information content (AvgIpc) is 2.44. The highest BCUT2D eigenvalue weighted by Gasteiger charge is 2.50. The van der Waals surface area contributed by atoms with Gasteiger partial charge in [-0.3, -0.25) is 4.79 Å². The third kappa shape index (κ3) is 4.18. The van der Waals surface area contributed by atoms with Gasteiger partial charge in [-0.25, -0.2) is 0 Å². The molecule has 0 aromatic rings. The summed E-state index contributed by atoms with van der Waals surface area (Å²) in [7, 11) is 2.91. The van der Waals surface area contributed by atoms with Crippen LogP contribution in [0.4, 0.5) is 0 Å². The van der Waals surface area contributed by atoms with Crippen LogP contribution in [-0.2, 0) is 14.3 Å². The third-order valence-corrected chi connectivity index (χ3v) is 5.30. The van der Waals surface area contributed by atoms with Gasteiger partial charge in [0.1, 0.15) is 16.8 Å². The monoisotopic (exact) mass is 307 g/mol. The molecule has 0 rings (SSSR count). The van der Waals surface area contributed by atoms with E-state index in [1.54, 1.807) is 14.0 Å². The molecule has 1 unspecified atom stereocenters. The van der Waals surface area contributed by atoms with Crippen LogP contribution in [0.5, 0.6) is 0 Å². The molecule has 0 amide bonds. The summed E-state index contributed by atoms with van der Waals surface area (Å²) in [5, 5.41) is 23.3. The van der Waals surface area contributed by atoms with Gasteiger partial charge in [-0.15, -0.1) is 11.8 Å². The minimum atomic E-state index is -1.45. The highest BCUT2D eigenvalue weighted by molar-refractivity contribution is 8.00. The maximum Gasteiger partial charge on any atom is 0.306 e. The number of aliphatic hydroxyl groups excluding tert-OH is 1. The first-order chi connectivity index (χ1) is 9.35. The number of carbonyl (C=O) groups is 2. The number of carbonyl (C=O) groups excluding carboxylic acids is 2. The number of likely N-dealkylation sites (N-methyl/N-ethyl adjacent to an activating group) is 1. The summed E-state index contributed by atoms with van der Waals surface area (Å²) in [6.07, 6.45) is 1.32. The second-order valence-corrected chi connectivity index (χ2v) is 6.10. The minimum Gasteiger partial charge on any atom is -0.469 e. The van der Waals surface area contributed by atoms with Gasteiger partial charge in [0, 0.05) is 11.7 Å². The summed E-state index contributed by atoms with van der Waals surface area (Å²) in [5.41, 5.74) is -1.45. The molecule has 0 radical (unpaired) electrons. The fraction of sp³-hybridized carbons (Fsp3) is 0.846. The van der Waals surface area contributed by atoms with E-state index in [9.17, 15) is 19.8 Å². The molecule has 0 aliphatic heterocycles. The number of hydrogen-bond acceptors (Lipinski definition) is 7. The Kier molecular flexibility index (Phi) is 8.34. The quantitative estimate of drug-likeness (QED) is 0.301. The largest absolute Gasteiger partial charge is 0.469 e. The molecule has 3 N–H and O–H groups in total. The Labute approximate surface area is 124 Å². The number of aliphatic hydroxyl groups is 2. The number of esters is 1. The maximum atomic E-state index is 11.1. The number of thioether (sulfide) groups is 1. The zero-order chi connectivity index (χ0) is 15.8. The molecule has 6 nitrogen and oxygen atoms in total. The minimum absolute atomic E-state index is 0.165. The summed E-state index contributed by atoms with van der Waals surface area (Å²) in [6, 6.07) is 0. The first kappa shape index (κ1) is 19.4. The van der Waals surface area contributed by atoms with Gasteiger partial charge in [-0.1, -0.05) is 6.92 Å². The Bertz CT molecular complexity index is 318. The number of aldehydes is 1. The van der Waals surface area contributed by atoms with Crippen molar-refractivity contribution in [2.75, 3.05) is 26.5 Å². The van der Waals surface area contributed by atoms with E-state index in [2.05, 4.69) is 10.1 Å². The molecule has 0 aliphatic carbocycles. The molecule has 0 aromatic carbocycles. The molecular formula is C13H25NO5S. The highest BCUT2D eigenvalue weighted by atomic mass is 32.2. The summed E-state index contributed by atoms with van der Waals surface area (Å²) in [5.74, 6) is -0.616. The van der Waals surface area contributed by atoms with Crippen molar-refractivity contribution in [2.24, 2.45) is 5.92 Å². The third-order valence-electron chi connectivity index (χ3n) is 3.65. The van der Waals surface area contributed by atoms with Crippen molar-refractivity contribution in [3.05, 3.63) is 0 Å². The predicted octanol–water partition coefficient (Wildman–Crippen LogP) is 0.167. The Morgan fingerprint density at radius 2 is 2.15 bits per heavy atom. The van der Waals surface area contributed by atoms with Crippen molar-refractivity contribution >= 4 is 24.0 Å². The molecule has 0 heterocycles. The topological polar surface area (TPSA) is 95.9 Å². The molecule has 0 fully saturated rings. The van der Waals surface area contributed by atoms with E-state index in [4.69, 9.17) is 0 Å². The van der Waals surface area contributed by atoms with Crippen LogP contribution in [0, 0.1) is 5.92 Å². The van der Waals surface area contributed by atoms with Crippen LogP contribution in [0.2, 0.25) is 0 Å². The molecule has 0 aromatic heterocycles. The molecule has 0 spiro atoms. The lowest BCUT2D eigenvalue weighted by Crippen LogP contribution is -2.64. The van der Waals surface area contributed by atoms with E-state index >= 15 is 0 Å². The van der Waals surface area contributed by atoms with E-state index in [-0.39, 0.29) is 19.0 Å². The van der Waals surface area contributed by atoms with Crippen LogP contribution < -0.4 is 5.32 Å². The van der Waals surface area contributed by atoms with Crippen molar-refractivity contribution in [2.45, 2.75) is 37.2 Å². The normalized spacial score (nSPS) is 18.7. The second-order valence-electron chi connectivity index (χ2n) is 4.71. The fourth-order valence-electron chi connectivity index (χ4n) is 2.09. The van der Waals surface area contributed by atoms with Crippen LogP contribution in [0.3, 0.4) is 0 Å². The van der Waals surface area contributed by atoms with Crippen LogP contribution in [-0.4, -0.2) is 59.5 Å². The van der Waals surface area contributed by atoms with Crippen molar-refractivity contribution in [3.63, 3.8) is 0 Å². The molecule has 7 heteroatoms. The molecule has 0 saturated carbocycles. The number of ether oxygens (including phenoxy) is 1. The van der Waals surface area contributed by atoms with Crippen molar-refractivity contribution < 1.29 is 24.5 Å². The summed E-state index contributed by atoms with van der Waals surface area (Å²) >= 11 is 1.21. The molecule has 0 aliphatic rings. The van der Waals surface area contributed by atoms with E-state index in [0.29, 0.717) is 18.5 Å². The van der Waals surface area contributed by atoms with Crippen LogP contribution in [0.15, 0.2) is 0 Å². The van der Waals surface area contributed by atoms with Crippen LogP contribution >= 0.6 is 11.8 Å². The lowest BCUT2D eigenvalue weighted by Gasteiger charge is -2.46. The Morgan fingerprint density at radius 3 is 2.50 bits per heavy atom. The average molecular weight is 307 g/mol. The Balaban J connectivity index is 5.06. The second kappa shape index (κ2) is 8.61. The van der Waals surface area contributed by atoms with Gasteiger partial charge in [0.2, 0.25) is 0 Å². The Morgan fingerprint density at radius 1 is 1.55 bits per heavy atom. The molecule has 0 bridgehead atoms. The fourth-order valence-corrected chi connectivity index (χ4v) is 3.39. The molecular weight excluding hydrogens is 282 g/mol. The smallest absolute Gasteiger partial charge is 0.306 e. The summed E-state index contributed by atoms with van der Waals surface area (Å²) in [6.45, 7) is 2.95. The van der Waals surface area contributed by atoms with Crippen molar-refractivity contribution in [3.8, 4) is 0 Å². The van der Waals surface area contributed by atoms with E-state index in [1.165, 1.54) is 25.8 Å². The predicted molar refractivity (Wildman–Crippen MR) is 78.4 cm³/mol. The maximum absolute atomic E-state index is 11.1. The number of rotatable bonds is 10. The van der Waals surface area contributed by atoms with Crippen molar-refractivity contribution in [1.29, 1.82) is 0 Å². The number of hydrogen-bond donors (Lipinski definition) is 3. The Hall–Kier alpha value is -0.630. The van der Waals surface area contributed by atoms with E-state index in [0.717, 1.165) is 0 Å². The zero-order valence-electron chi connectivity index (χ0n) is 12.5. The SMILES string of the molecule is CCC(C=O)[C@](C)(O)[C@@](CO)(NC)SCCC(=O)OC. The molecule has 0 saturated heterocycles. The van der Waals surface area contributed by atoms with Gasteiger partial charge in [-0.05, 0) is 20.4 Å². The number of nitrogens with one attached hydrogen (secondary N) is 1. The summed E-state index contributed by atoms with van der Waals surface area (Å²) in [4.78, 5) is 21.1. The molecule has 20 heavy (non-hydrogen) atoms. The van der Waals surface area contributed by atoms with Gasteiger partial charge < -0.3 is 25.1 Å². The molecule has 118 valence electrons. The van der Waals surface area contributed by atoms with Gasteiger partial charge >= 0.3 is 5.97 Å². The molecule has 3 atom stereocenters. The lowest BCUT2D eigenvalue weighted by molar-refractivity contribution is -0.140. The van der Waals surface area contributed by atoms with Crippen molar-refractivity contribution in [1.82, 2.24) is 5.32 Å². The van der Waals surface area contributed by atoms with Gasteiger partial charge in [-0.2, -0.15) is 0 Å². The van der Waals surface area contributed by atoms with Gasteiger partial charge in [0.05, 0.1) is 20.1 Å². The van der Waals surface area contributed by atoms with E-state index < -0.39 is 16.4 Å². The standard InChI is InChI=1S/C13H25NO5S/c1-5-10(8-15)12(2,18)13(9-16,14-3)20-7-6-11(17)19-4/h8,10,14,16,18H,5-7,9H2,1-4H3/t10?,12-,13-/m0/s1. The van der Waals surface area contributed by atoms with E-state index in [1.807, 2.05) is 0 Å². The van der Waals surface area contributed by atoms with Crippen LogP contribution in [0.1, 0.15) is 26.7 Å². The summed E-state index contributed by atoms with van der Waals surface area (Å²) < 4.78 is 4.55. The highest BCUT2D eigenvalue weighted by Crippen LogP contribution is 2.39. The van der Waals surface area contributed by atoms with Crippen LogP contribution in [0.25, 0.3) is 0 Å². The lowest BCUT2D eigenvalue weighted by atomic mass is 9.81. The number of methoxy groups -OCH3 is 1. The zero-order valence-corrected chi connectivity index (χ0v) is 13.3. The van der Waals surface area contributed by atoms with Gasteiger partial charge in [0.25, 0.3) is 0 Å².